The van der Waals surface area contributed by atoms with Gasteiger partial charge < -0.3 is 10.7 Å². The fraction of sp³-hybridized carbons (Fsp3) is 0.231. The van der Waals surface area contributed by atoms with Crippen molar-refractivity contribution in [2.24, 2.45) is 5.84 Å². The predicted octanol–water partition coefficient (Wildman–Crippen LogP) is 3.77. The highest BCUT2D eigenvalue weighted by Crippen LogP contribution is 2.28. The maximum Gasteiger partial charge on any atom is 0.145 e. The molecule has 2 rings (SSSR count). The quantitative estimate of drug-likeness (QED) is 0.579. The lowest BCUT2D eigenvalue weighted by Gasteiger charge is -2.11. The van der Waals surface area contributed by atoms with Crippen LogP contribution in [0.4, 0.5) is 17.3 Å². The normalized spacial score (nSPS) is 10.4. The summed E-state index contributed by atoms with van der Waals surface area (Å²) in [6.45, 7) is 2.06. The summed E-state index contributed by atoms with van der Waals surface area (Å²) in [4.78, 5) is 8.69. The molecule has 20 heavy (non-hydrogen) atoms. The predicted molar refractivity (Wildman–Crippen MR) is 83.6 cm³/mol. The van der Waals surface area contributed by atoms with Gasteiger partial charge in [0, 0.05) is 17.5 Å². The third-order valence-electron chi connectivity index (χ3n) is 2.59. The van der Waals surface area contributed by atoms with Crippen LogP contribution < -0.4 is 16.6 Å². The van der Waals surface area contributed by atoms with Crippen molar-refractivity contribution in [1.82, 2.24) is 9.97 Å². The van der Waals surface area contributed by atoms with Gasteiger partial charge in [0.25, 0.3) is 0 Å². The first-order valence-electron chi connectivity index (χ1n) is 6.19. The number of nitrogens with two attached hydrogens (primary N) is 1. The van der Waals surface area contributed by atoms with Crippen LogP contribution in [-0.2, 0) is 6.42 Å². The lowest BCUT2D eigenvalue weighted by atomic mass is 10.3. The summed E-state index contributed by atoms with van der Waals surface area (Å²) in [7, 11) is 0. The van der Waals surface area contributed by atoms with Gasteiger partial charge in [-0.2, -0.15) is 0 Å². The fourth-order valence-corrected chi connectivity index (χ4v) is 2.04. The summed E-state index contributed by atoms with van der Waals surface area (Å²) >= 11 is 12.1. The molecule has 0 saturated carbocycles. The van der Waals surface area contributed by atoms with Crippen molar-refractivity contribution in [3.8, 4) is 0 Å². The highest BCUT2D eigenvalue weighted by molar-refractivity contribution is 6.35. The molecule has 0 unspecified atom stereocenters. The number of rotatable bonds is 5. The van der Waals surface area contributed by atoms with E-state index in [1.165, 1.54) is 0 Å². The van der Waals surface area contributed by atoms with Crippen LogP contribution in [0.2, 0.25) is 10.0 Å². The van der Waals surface area contributed by atoms with Gasteiger partial charge in [-0.15, -0.1) is 0 Å². The molecule has 0 saturated heterocycles. The number of halogens is 2. The molecular formula is C13H15Cl2N5. The summed E-state index contributed by atoms with van der Waals surface area (Å²) in [6, 6.07) is 6.89. The molecule has 0 radical (unpaired) electrons. The van der Waals surface area contributed by atoms with Gasteiger partial charge in [0.1, 0.15) is 17.5 Å². The van der Waals surface area contributed by atoms with E-state index >= 15 is 0 Å². The Balaban J connectivity index is 2.32. The molecule has 4 N–H and O–H groups in total. The molecule has 1 aromatic heterocycles. The molecule has 0 aliphatic heterocycles. The van der Waals surface area contributed by atoms with Crippen LogP contribution in [0, 0.1) is 0 Å². The second-order valence-electron chi connectivity index (χ2n) is 4.20. The Labute approximate surface area is 127 Å². The molecule has 106 valence electrons. The number of anilines is 3. The zero-order chi connectivity index (χ0) is 14.5. The lowest BCUT2D eigenvalue weighted by molar-refractivity contribution is 0.837. The van der Waals surface area contributed by atoms with E-state index in [0.29, 0.717) is 33.2 Å². The van der Waals surface area contributed by atoms with E-state index < -0.39 is 0 Å². The summed E-state index contributed by atoms with van der Waals surface area (Å²) in [6.07, 6.45) is 1.72. The Morgan fingerprint density at radius 2 is 1.90 bits per heavy atom. The van der Waals surface area contributed by atoms with E-state index in [1.807, 2.05) is 0 Å². The van der Waals surface area contributed by atoms with Crippen molar-refractivity contribution in [2.75, 3.05) is 10.7 Å². The number of hydrazine groups is 1. The van der Waals surface area contributed by atoms with E-state index in [2.05, 4.69) is 27.6 Å². The number of aryl methyl sites for hydroxylation is 1. The SMILES string of the molecule is CCCc1nc(NN)cc(Nc2cc(Cl)ccc2Cl)n1. The first-order chi connectivity index (χ1) is 9.62. The highest BCUT2D eigenvalue weighted by Gasteiger charge is 2.07. The number of nitrogens with one attached hydrogen (secondary N) is 2. The minimum Gasteiger partial charge on any atom is -0.339 e. The largest absolute Gasteiger partial charge is 0.339 e. The van der Waals surface area contributed by atoms with Crippen LogP contribution in [0.3, 0.4) is 0 Å². The van der Waals surface area contributed by atoms with Crippen molar-refractivity contribution in [2.45, 2.75) is 19.8 Å². The van der Waals surface area contributed by atoms with E-state index in [9.17, 15) is 0 Å². The van der Waals surface area contributed by atoms with E-state index in [0.717, 1.165) is 12.8 Å². The lowest BCUT2D eigenvalue weighted by Crippen LogP contribution is -2.11. The smallest absolute Gasteiger partial charge is 0.145 e. The zero-order valence-corrected chi connectivity index (χ0v) is 12.5. The third-order valence-corrected chi connectivity index (χ3v) is 3.15. The van der Waals surface area contributed by atoms with Gasteiger partial charge in [0.05, 0.1) is 10.7 Å². The van der Waals surface area contributed by atoms with Gasteiger partial charge in [-0.1, -0.05) is 30.1 Å². The first-order valence-corrected chi connectivity index (χ1v) is 6.94. The Hall–Kier alpha value is -1.56. The summed E-state index contributed by atoms with van der Waals surface area (Å²) in [5, 5.41) is 4.28. The molecule has 0 aliphatic rings. The van der Waals surface area contributed by atoms with Gasteiger partial charge >= 0.3 is 0 Å². The molecule has 0 bridgehead atoms. The second kappa shape index (κ2) is 6.74. The standard InChI is InChI=1S/C13H15Cl2N5/c1-2-3-11-18-12(7-13(19-11)20-16)17-10-6-8(14)4-5-9(10)15/h4-7H,2-3,16H2,1H3,(H2,17,18,19,20). The average Bonchev–Trinajstić information content (AvgIpc) is 2.43. The Kier molecular flexibility index (Phi) is 5.00. The van der Waals surface area contributed by atoms with Crippen molar-refractivity contribution in [3.05, 3.63) is 40.1 Å². The summed E-state index contributed by atoms with van der Waals surface area (Å²) in [5.74, 6) is 7.28. The summed E-state index contributed by atoms with van der Waals surface area (Å²) < 4.78 is 0. The Bertz CT molecular complexity index is 603. The Morgan fingerprint density at radius 3 is 2.60 bits per heavy atom. The van der Waals surface area contributed by atoms with Crippen LogP contribution in [-0.4, -0.2) is 9.97 Å². The van der Waals surface area contributed by atoms with Crippen molar-refractivity contribution < 1.29 is 0 Å². The topological polar surface area (TPSA) is 75.9 Å². The number of aromatic nitrogens is 2. The van der Waals surface area contributed by atoms with Crippen molar-refractivity contribution in [1.29, 1.82) is 0 Å². The molecule has 1 aromatic carbocycles. The van der Waals surface area contributed by atoms with Gasteiger partial charge in [0.2, 0.25) is 0 Å². The van der Waals surface area contributed by atoms with Gasteiger partial charge in [-0.25, -0.2) is 15.8 Å². The fourth-order valence-electron chi connectivity index (χ4n) is 1.70. The van der Waals surface area contributed by atoms with Gasteiger partial charge in [0.15, 0.2) is 0 Å². The monoisotopic (exact) mass is 311 g/mol. The number of hydrogen-bond acceptors (Lipinski definition) is 5. The minimum atomic E-state index is 0.545. The maximum absolute atomic E-state index is 6.12. The molecule has 1 heterocycles. The number of nitrogen functional groups attached to an aromatic ring is 1. The van der Waals surface area contributed by atoms with Crippen LogP contribution >= 0.6 is 23.2 Å². The molecular weight excluding hydrogens is 297 g/mol. The Morgan fingerprint density at radius 1 is 1.15 bits per heavy atom. The molecule has 0 spiro atoms. The maximum atomic E-state index is 6.12. The average molecular weight is 312 g/mol. The first kappa shape index (κ1) is 14.8. The van der Waals surface area contributed by atoms with E-state index in [-0.39, 0.29) is 0 Å². The molecule has 0 amide bonds. The van der Waals surface area contributed by atoms with Gasteiger partial charge in [-0.05, 0) is 24.6 Å². The number of benzene rings is 1. The van der Waals surface area contributed by atoms with E-state index in [1.54, 1.807) is 24.3 Å². The number of hydrogen-bond donors (Lipinski definition) is 3. The molecule has 0 atom stereocenters. The minimum absolute atomic E-state index is 0.545. The second-order valence-corrected chi connectivity index (χ2v) is 5.04. The molecule has 2 aromatic rings. The molecule has 5 nitrogen and oxygen atoms in total. The van der Waals surface area contributed by atoms with Crippen molar-refractivity contribution >= 4 is 40.5 Å². The van der Waals surface area contributed by atoms with Gasteiger partial charge in [-0.3, -0.25) is 0 Å². The van der Waals surface area contributed by atoms with Crippen LogP contribution in [0.1, 0.15) is 19.2 Å². The molecule has 0 fully saturated rings. The third kappa shape index (κ3) is 3.72. The molecule has 0 aliphatic carbocycles. The van der Waals surface area contributed by atoms with Crippen molar-refractivity contribution in [3.63, 3.8) is 0 Å². The zero-order valence-electron chi connectivity index (χ0n) is 11.0. The van der Waals surface area contributed by atoms with Crippen LogP contribution in [0.25, 0.3) is 0 Å². The highest BCUT2D eigenvalue weighted by atomic mass is 35.5. The van der Waals surface area contributed by atoms with E-state index in [4.69, 9.17) is 29.0 Å². The number of nitrogens with zero attached hydrogens (tertiary/aromatic N) is 2. The van der Waals surface area contributed by atoms with Crippen LogP contribution in [0.15, 0.2) is 24.3 Å². The summed E-state index contributed by atoms with van der Waals surface area (Å²) in [5.41, 5.74) is 3.21. The molecule has 7 heteroatoms. The van der Waals surface area contributed by atoms with Crippen LogP contribution in [0.5, 0.6) is 0 Å².